The van der Waals surface area contributed by atoms with Gasteiger partial charge in [-0.05, 0) is 37.8 Å². The van der Waals surface area contributed by atoms with Gasteiger partial charge in [-0.2, -0.15) is 13.2 Å². The van der Waals surface area contributed by atoms with Crippen LogP contribution in [-0.2, 0) is 4.79 Å². The van der Waals surface area contributed by atoms with E-state index in [4.69, 9.17) is 0 Å². The first-order valence-electron chi connectivity index (χ1n) is 5.48. The fourth-order valence-electron chi connectivity index (χ4n) is 2.51. The highest BCUT2D eigenvalue weighted by Gasteiger charge is 2.57. The van der Waals surface area contributed by atoms with Gasteiger partial charge >= 0.3 is 6.18 Å². The van der Waals surface area contributed by atoms with Crippen LogP contribution < -0.4 is 10.6 Å². The summed E-state index contributed by atoms with van der Waals surface area (Å²) >= 11 is 0. The minimum Gasteiger partial charge on any atom is -0.347 e. The molecule has 0 aromatic heterocycles. The molecule has 1 saturated carbocycles. The van der Waals surface area contributed by atoms with E-state index in [2.05, 4.69) is 5.32 Å². The molecule has 0 radical (unpaired) electrons. The van der Waals surface area contributed by atoms with Gasteiger partial charge in [-0.1, -0.05) is 0 Å². The highest BCUT2D eigenvalue weighted by Crippen LogP contribution is 2.58. The average molecular weight is 273 g/mol. The molecule has 0 aromatic carbocycles. The van der Waals surface area contributed by atoms with Crippen LogP contribution in [0.1, 0.15) is 19.3 Å². The predicted octanol–water partition coefficient (Wildman–Crippen LogP) is 1.48. The van der Waals surface area contributed by atoms with Gasteiger partial charge in [-0.3, -0.25) is 4.79 Å². The van der Waals surface area contributed by atoms with Gasteiger partial charge in [0, 0.05) is 5.92 Å². The lowest BCUT2D eigenvalue weighted by molar-refractivity contribution is -0.139. The van der Waals surface area contributed by atoms with Crippen molar-refractivity contribution in [3.05, 3.63) is 0 Å². The molecule has 1 amide bonds. The van der Waals surface area contributed by atoms with Crippen molar-refractivity contribution in [1.29, 1.82) is 0 Å². The molecule has 2 N–H and O–H groups in total. The van der Waals surface area contributed by atoms with E-state index in [1.165, 1.54) is 0 Å². The fourth-order valence-corrected chi connectivity index (χ4v) is 2.51. The smallest absolute Gasteiger partial charge is 0.347 e. The number of alkyl halides is 3. The van der Waals surface area contributed by atoms with E-state index < -0.39 is 18.6 Å². The molecule has 2 rings (SSSR count). The summed E-state index contributed by atoms with van der Waals surface area (Å²) in [6.45, 7) is 0.517. The van der Waals surface area contributed by atoms with Crippen molar-refractivity contribution in [3.63, 3.8) is 0 Å². The van der Waals surface area contributed by atoms with Crippen LogP contribution in [0.2, 0.25) is 0 Å². The number of hydrogen-bond acceptors (Lipinski definition) is 2. The van der Waals surface area contributed by atoms with Crippen LogP contribution in [0.4, 0.5) is 13.2 Å². The van der Waals surface area contributed by atoms with Gasteiger partial charge in [-0.25, -0.2) is 0 Å². The van der Waals surface area contributed by atoms with Crippen molar-refractivity contribution in [1.82, 2.24) is 10.6 Å². The highest BCUT2D eigenvalue weighted by atomic mass is 35.5. The third kappa shape index (κ3) is 3.48. The number of piperidine rings is 1. The Bertz CT molecular complexity index is 290. The van der Waals surface area contributed by atoms with Gasteiger partial charge in [0.25, 0.3) is 0 Å². The lowest BCUT2D eigenvalue weighted by Gasteiger charge is -2.23. The molecular weight excluding hydrogens is 257 g/mol. The van der Waals surface area contributed by atoms with Crippen molar-refractivity contribution in [3.8, 4) is 0 Å². The number of nitrogens with one attached hydrogen (secondary N) is 2. The van der Waals surface area contributed by atoms with Crippen molar-refractivity contribution in [2.45, 2.75) is 25.4 Å². The SMILES string of the molecule is Cl.O=C(NCC(F)(F)F)C1CC12CCNCC2. The molecule has 100 valence electrons. The van der Waals surface area contributed by atoms with Crippen molar-refractivity contribution < 1.29 is 18.0 Å². The van der Waals surface area contributed by atoms with E-state index in [0.29, 0.717) is 0 Å². The van der Waals surface area contributed by atoms with E-state index in [9.17, 15) is 18.0 Å². The largest absolute Gasteiger partial charge is 0.405 e. The molecular formula is C10H16ClF3N2O. The normalized spacial score (nSPS) is 26.2. The molecule has 0 aromatic rings. The summed E-state index contributed by atoms with van der Waals surface area (Å²) < 4.78 is 35.7. The first-order valence-corrected chi connectivity index (χ1v) is 5.48. The van der Waals surface area contributed by atoms with Crippen LogP contribution in [0.15, 0.2) is 0 Å². The number of carbonyl (C=O) groups excluding carboxylic acids is 1. The summed E-state index contributed by atoms with van der Waals surface area (Å²) in [5.74, 6) is -0.629. The standard InChI is InChI=1S/C10H15F3N2O.ClH/c11-10(12,13)6-15-8(16)7-5-9(7)1-3-14-4-2-9;/h7,14H,1-6H2,(H,15,16);1H. The summed E-state index contributed by atoms with van der Waals surface area (Å²) in [4.78, 5) is 11.5. The van der Waals surface area contributed by atoms with Crippen LogP contribution in [0.5, 0.6) is 0 Å². The van der Waals surface area contributed by atoms with Crippen molar-refractivity contribution >= 4 is 18.3 Å². The molecule has 1 spiro atoms. The summed E-state index contributed by atoms with van der Waals surface area (Å²) in [6, 6.07) is 0. The van der Waals surface area contributed by atoms with Gasteiger partial charge in [0.15, 0.2) is 0 Å². The molecule has 1 saturated heterocycles. The highest BCUT2D eigenvalue weighted by molar-refractivity contribution is 5.85. The van der Waals surface area contributed by atoms with Crippen LogP contribution in [-0.4, -0.2) is 31.7 Å². The molecule has 0 bridgehead atoms. The van der Waals surface area contributed by atoms with E-state index in [1.807, 2.05) is 5.32 Å². The monoisotopic (exact) mass is 272 g/mol. The Labute approximate surface area is 104 Å². The molecule has 2 aliphatic rings. The second-order valence-electron chi connectivity index (χ2n) is 4.70. The number of rotatable bonds is 2. The number of amides is 1. The Hall–Kier alpha value is -0.490. The molecule has 1 unspecified atom stereocenters. The van der Waals surface area contributed by atoms with E-state index >= 15 is 0 Å². The third-order valence-electron chi connectivity index (χ3n) is 3.57. The number of hydrogen-bond donors (Lipinski definition) is 2. The number of carbonyl (C=O) groups is 1. The minimum absolute atomic E-state index is 0. The Morgan fingerprint density at radius 3 is 2.47 bits per heavy atom. The topological polar surface area (TPSA) is 41.1 Å². The zero-order valence-electron chi connectivity index (χ0n) is 9.27. The average Bonchev–Trinajstić information content (AvgIpc) is 2.89. The maximum Gasteiger partial charge on any atom is 0.405 e. The lowest BCUT2D eigenvalue weighted by atomic mass is 9.92. The van der Waals surface area contributed by atoms with Crippen LogP contribution >= 0.6 is 12.4 Å². The Morgan fingerprint density at radius 2 is 1.94 bits per heavy atom. The van der Waals surface area contributed by atoms with Gasteiger partial charge in [0.05, 0.1) is 0 Å². The van der Waals surface area contributed by atoms with Crippen molar-refractivity contribution in [2.75, 3.05) is 19.6 Å². The van der Waals surface area contributed by atoms with Gasteiger partial charge in [0.2, 0.25) is 5.91 Å². The zero-order valence-corrected chi connectivity index (χ0v) is 10.1. The Morgan fingerprint density at radius 1 is 1.35 bits per heavy atom. The lowest BCUT2D eigenvalue weighted by Crippen LogP contribution is -2.37. The fraction of sp³-hybridized carbons (Fsp3) is 0.900. The summed E-state index contributed by atoms with van der Waals surface area (Å²) in [5.41, 5.74) is 0.000925. The summed E-state index contributed by atoms with van der Waals surface area (Å²) in [6.07, 6.45) is -1.77. The maximum atomic E-state index is 11.9. The summed E-state index contributed by atoms with van der Waals surface area (Å²) in [5, 5.41) is 5.16. The van der Waals surface area contributed by atoms with Crippen molar-refractivity contribution in [2.24, 2.45) is 11.3 Å². The molecule has 2 fully saturated rings. The Balaban J connectivity index is 0.00000144. The van der Waals surface area contributed by atoms with E-state index in [0.717, 1.165) is 32.4 Å². The second-order valence-corrected chi connectivity index (χ2v) is 4.70. The van der Waals surface area contributed by atoms with Gasteiger partial charge in [0.1, 0.15) is 6.54 Å². The molecule has 1 heterocycles. The Kier molecular flexibility index (Phi) is 4.30. The third-order valence-corrected chi connectivity index (χ3v) is 3.57. The van der Waals surface area contributed by atoms with Crippen LogP contribution in [0.3, 0.4) is 0 Å². The zero-order chi connectivity index (χ0) is 11.8. The quantitative estimate of drug-likeness (QED) is 0.799. The first kappa shape index (κ1) is 14.6. The van der Waals surface area contributed by atoms with Crippen LogP contribution in [0, 0.1) is 11.3 Å². The van der Waals surface area contributed by atoms with E-state index in [-0.39, 0.29) is 23.7 Å². The molecule has 1 aliphatic heterocycles. The first-order chi connectivity index (χ1) is 7.43. The molecule has 1 aliphatic carbocycles. The second kappa shape index (κ2) is 5.02. The molecule has 7 heteroatoms. The maximum absolute atomic E-state index is 11.9. The van der Waals surface area contributed by atoms with Gasteiger partial charge in [-0.15, -0.1) is 12.4 Å². The minimum atomic E-state index is -4.31. The molecule has 3 nitrogen and oxygen atoms in total. The van der Waals surface area contributed by atoms with E-state index in [1.54, 1.807) is 0 Å². The molecule has 17 heavy (non-hydrogen) atoms. The van der Waals surface area contributed by atoms with Gasteiger partial charge < -0.3 is 10.6 Å². The molecule has 1 atom stereocenters. The van der Waals surface area contributed by atoms with Crippen LogP contribution in [0.25, 0.3) is 0 Å². The number of halogens is 4. The predicted molar refractivity (Wildman–Crippen MR) is 59.0 cm³/mol. The summed E-state index contributed by atoms with van der Waals surface area (Å²) in [7, 11) is 0.